The first-order chi connectivity index (χ1) is 19.4. The van der Waals surface area contributed by atoms with Crippen LogP contribution in [0.15, 0.2) is 104 Å². The molecule has 1 aromatic carbocycles. The van der Waals surface area contributed by atoms with Gasteiger partial charge in [-0.3, -0.25) is 19.7 Å². The lowest BCUT2D eigenvalue weighted by Crippen LogP contribution is -2.54. The van der Waals surface area contributed by atoms with Gasteiger partial charge in [-0.15, -0.1) is 0 Å². The normalized spacial score (nSPS) is 24.2. The first-order valence-corrected chi connectivity index (χ1v) is 13.0. The summed E-state index contributed by atoms with van der Waals surface area (Å²) in [7, 11) is 1.53. The topological polar surface area (TPSA) is 115 Å². The first-order valence-electron chi connectivity index (χ1n) is 13.0. The molecule has 2 N–H and O–H groups in total. The van der Waals surface area contributed by atoms with Crippen LogP contribution in [-0.2, 0) is 11.2 Å². The van der Waals surface area contributed by atoms with Gasteiger partial charge in [-0.1, -0.05) is 36.9 Å². The van der Waals surface area contributed by atoms with Crippen molar-refractivity contribution in [2.24, 2.45) is 5.92 Å². The predicted molar refractivity (Wildman–Crippen MR) is 149 cm³/mol. The summed E-state index contributed by atoms with van der Waals surface area (Å²) in [4.78, 5) is 27.5. The van der Waals surface area contributed by atoms with Crippen LogP contribution in [0, 0.1) is 5.92 Å². The molecule has 1 fully saturated rings. The molecule has 5 rings (SSSR count). The van der Waals surface area contributed by atoms with Crippen LogP contribution >= 0.6 is 0 Å². The number of ether oxygens (including phenoxy) is 2. The third-order valence-corrected chi connectivity index (χ3v) is 7.46. The number of methoxy groups -OCH3 is 1. The fourth-order valence-corrected chi connectivity index (χ4v) is 5.70. The van der Waals surface area contributed by atoms with E-state index in [1.807, 2.05) is 6.07 Å². The number of Topliss-reactive ketones (excluding diaryl/α,β-unsaturated/α-hetero) is 1. The number of rotatable bonds is 9. The van der Waals surface area contributed by atoms with Gasteiger partial charge in [0.25, 0.3) is 0 Å². The minimum Gasteiger partial charge on any atom is -0.493 e. The van der Waals surface area contributed by atoms with Gasteiger partial charge in [-0.05, 0) is 60.5 Å². The SMILES string of the molecule is C=CCOc1ccc([C@H]2C[C@@](O)(c3ccccn3)C[C@@](O)(c3ccccn3)[C@@H]2C(=O)c2ccccn2)cc1OC. The number of pyridine rings is 3. The summed E-state index contributed by atoms with van der Waals surface area (Å²) in [5, 5.41) is 24.8. The van der Waals surface area contributed by atoms with Gasteiger partial charge in [0.05, 0.1) is 24.4 Å². The summed E-state index contributed by atoms with van der Waals surface area (Å²) in [6.45, 7) is 3.98. The minimum absolute atomic E-state index is 0.110. The van der Waals surface area contributed by atoms with Gasteiger partial charge in [0.15, 0.2) is 17.3 Å². The maximum atomic E-state index is 14.3. The summed E-state index contributed by atoms with van der Waals surface area (Å²) < 4.78 is 11.4. The van der Waals surface area contributed by atoms with Gasteiger partial charge < -0.3 is 19.7 Å². The van der Waals surface area contributed by atoms with Crippen LogP contribution in [0.25, 0.3) is 0 Å². The van der Waals surface area contributed by atoms with E-state index in [-0.39, 0.29) is 30.0 Å². The first kappa shape index (κ1) is 27.2. The maximum Gasteiger partial charge on any atom is 0.188 e. The molecule has 1 aliphatic carbocycles. The van der Waals surface area contributed by atoms with Crippen LogP contribution in [0.1, 0.15) is 46.2 Å². The van der Waals surface area contributed by atoms with E-state index in [1.54, 1.807) is 91.4 Å². The van der Waals surface area contributed by atoms with Crippen LogP contribution in [0.2, 0.25) is 0 Å². The number of benzene rings is 1. The highest BCUT2D eigenvalue weighted by atomic mass is 16.5. The van der Waals surface area contributed by atoms with E-state index < -0.39 is 23.0 Å². The van der Waals surface area contributed by atoms with Crippen LogP contribution < -0.4 is 9.47 Å². The van der Waals surface area contributed by atoms with Crippen molar-refractivity contribution < 1.29 is 24.5 Å². The molecular formula is C32H31N3O5. The van der Waals surface area contributed by atoms with Crippen LogP contribution in [0.4, 0.5) is 0 Å². The Balaban J connectivity index is 1.72. The van der Waals surface area contributed by atoms with E-state index >= 15 is 0 Å². The van der Waals surface area contributed by atoms with Crippen LogP contribution in [0.3, 0.4) is 0 Å². The Labute approximate surface area is 233 Å². The molecule has 8 nitrogen and oxygen atoms in total. The molecule has 40 heavy (non-hydrogen) atoms. The number of ketones is 1. The van der Waals surface area contributed by atoms with Gasteiger partial charge in [-0.2, -0.15) is 0 Å². The minimum atomic E-state index is -1.86. The molecule has 1 saturated carbocycles. The summed E-state index contributed by atoms with van der Waals surface area (Å²) in [5.41, 5.74) is -1.87. The molecule has 1 aliphatic rings. The number of carbonyl (C=O) groups is 1. The molecule has 0 spiro atoms. The highest BCUT2D eigenvalue weighted by molar-refractivity contribution is 5.97. The number of aliphatic hydroxyl groups is 2. The molecular weight excluding hydrogens is 506 g/mol. The van der Waals surface area contributed by atoms with E-state index in [2.05, 4.69) is 21.5 Å². The van der Waals surface area contributed by atoms with Gasteiger partial charge in [-0.25, -0.2) is 0 Å². The second kappa shape index (κ2) is 11.4. The number of hydrogen-bond acceptors (Lipinski definition) is 8. The van der Waals surface area contributed by atoms with Crippen molar-refractivity contribution in [3.8, 4) is 11.5 Å². The summed E-state index contributed by atoms with van der Waals surface area (Å²) in [6, 6.07) is 20.9. The lowest BCUT2D eigenvalue weighted by atomic mass is 9.58. The quantitative estimate of drug-likeness (QED) is 0.235. The van der Waals surface area contributed by atoms with Gasteiger partial charge in [0.1, 0.15) is 23.5 Å². The van der Waals surface area contributed by atoms with E-state index in [4.69, 9.17) is 9.47 Å². The number of nitrogens with zero attached hydrogens (tertiary/aromatic N) is 3. The highest BCUT2D eigenvalue weighted by Gasteiger charge is 2.59. The second-order valence-electron chi connectivity index (χ2n) is 9.94. The highest BCUT2D eigenvalue weighted by Crippen LogP contribution is 2.56. The fourth-order valence-electron chi connectivity index (χ4n) is 5.70. The smallest absolute Gasteiger partial charge is 0.188 e. The zero-order valence-corrected chi connectivity index (χ0v) is 22.2. The van der Waals surface area contributed by atoms with Crippen molar-refractivity contribution in [1.82, 2.24) is 15.0 Å². The third kappa shape index (κ3) is 5.11. The van der Waals surface area contributed by atoms with Gasteiger partial charge >= 0.3 is 0 Å². The van der Waals surface area contributed by atoms with Crippen LogP contribution in [-0.4, -0.2) is 44.7 Å². The lowest BCUT2D eigenvalue weighted by molar-refractivity contribution is -0.143. The zero-order chi connectivity index (χ0) is 28.2. The Morgan fingerprint density at radius 3 is 2.23 bits per heavy atom. The fraction of sp³-hybridized carbons (Fsp3) is 0.250. The van der Waals surface area contributed by atoms with Crippen molar-refractivity contribution in [3.05, 3.63) is 127 Å². The number of aromatic nitrogens is 3. The monoisotopic (exact) mass is 537 g/mol. The molecule has 0 aliphatic heterocycles. The van der Waals surface area contributed by atoms with E-state index in [9.17, 15) is 15.0 Å². The Hall–Kier alpha value is -4.40. The molecule has 4 atom stereocenters. The molecule has 204 valence electrons. The summed E-state index contributed by atoms with van der Waals surface area (Å²) in [6.07, 6.45) is 6.26. The summed E-state index contributed by atoms with van der Waals surface area (Å²) >= 11 is 0. The van der Waals surface area contributed by atoms with Crippen molar-refractivity contribution in [2.75, 3.05) is 13.7 Å². The lowest BCUT2D eigenvalue weighted by Gasteiger charge is -2.50. The standard InChI is InChI=1S/C32H31N3O5/c1-3-18-40-25-14-13-22(19-26(25)39-2)23-20-31(37,27-11-5-8-16-34-27)21-32(38,28-12-6-9-17-35-28)29(23)30(36)24-10-4-7-15-33-24/h3-17,19,23,29,37-38H,1,18,20-21H2,2H3/t23-,29+,31+,32-/m1/s1. The average molecular weight is 538 g/mol. The van der Waals surface area contributed by atoms with E-state index in [0.29, 0.717) is 29.4 Å². The third-order valence-electron chi connectivity index (χ3n) is 7.46. The van der Waals surface area contributed by atoms with Crippen molar-refractivity contribution >= 4 is 5.78 Å². The molecule has 0 bridgehead atoms. The predicted octanol–water partition coefficient (Wildman–Crippen LogP) is 4.60. The van der Waals surface area contributed by atoms with Crippen molar-refractivity contribution in [1.29, 1.82) is 0 Å². The average Bonchev–Trinajstić information content (AvgIpc) is 3.00. The number of hydrogen-bond donors (Lipinski definition) is 2. The van der Waals surface area contributed by atoms with E-state index in [1.165, 1.54) is 7.11 Å². The second-order valence-corrected chi connectivity index (χ2v) is 9.94. The Kier molecular flexibility index (Phi) is 7.73. The van der Waals surface area contributed by atoms with Gasteiger partial charge in [0, 0.05) is 30.9 Å². The van der Waals surface area contributed by atoms with Crippen molar-refractivity contribution in [3.63, 3.8) is 0 Å². The zero-order valence-electron chi connectivity index (χ0n) is 22.2. The molecule has 0 radical (unpaired) electrons. The molecule has 0 amide bonds. The molecule has 3 aromatic heterocycles. The van der Waals surface area contributed by atoms with Crippen molar-refractivity contribution in [2.45, 2.75) is 30.0 Å². The maximum absolute atomic E-state index is 14.3. The summed E-state index contributed by atoms with van der Waals surface area (Å²) in [5.74, 6) is -1.10. The Bertz CT molecular complexity index is 1470. The molecule has 8 heteroatoms. The number of carbonyl (C=O) groups excluding carboxylic acids is 1. The van der Waals surface area contributed by atoms with Gasteiger partial charge in [0.2, 0.25) is 0 Å². The van der Waals surface area contributed by atoms with E-state index in [0.717, 1.165) is 0 Å². The molecule has 0 saturated heterocycles. The molecule has 0 unspecified atom stereocenters. The molecule has 3 heterocycles. The Morgan fingerprint density at radius 1 is 0.950 bits per heavy atom. The largest absolute Gasteiger partial charge is 0.493 e. The Morgan fingerprint density at radius 2 is 1.62 bits per heavy atom. The van der Waals surface area contributed by atoms with Crippen LogP contribution in [0.5, 0.6) is 11.5 Å². The molecule has 4 aromatic rings.